The van der Waals surface area contributed by atoms with E-state index in [0.29, 0.717) is 11.3 Å². The number of nitrogens with one attached hydrogen (secondary N) is 1. The van der Waals surface area contributed by atoms with Crippen LogP contribution in [0.2, 0.25) is 0 Å². The number of rotatable bonds is 4. The molecule has 1 N–H and O–H groups in total. The summed E-state index contributed by atoms with van der Waals surface area (Å²) in [6.45, 7) is 2.01. The Morgan fingerprint density at radius 2 is 1.71 bits per heavy atom. The number of methoxy groups -OCH3 is 1. The summed E-state index contributed by atoms with van der Waals surface area (Å²) < 4.78 is 6.49. The van der Waals surface area contributed by atoms with Gasteiger partial charge < -0.3 is 9.64 Å². The second-order valence-corrected chi connectivity index (χ2v) is 7.18. The van der Waals surface area contributed by atoms with Gasteiger partial charge in [-0.2, -0.15) is 0 Å². The van der Waals surface area contributed by atoms with Crippen LogP contribution in [0.5, 0.6) is 0 Å². The fourth-order valence-electron chi connectivity index (χ4n) is 3.29. The zero-order valence-electron chi connectivity index (χ0n) is 17.5. The first-order chi connectivity index (χ1) is 15.0. The van der Waals surface area contributed by atoms with E-state index in [4.69, 9.17) is 0 Å². The summed E-state index contributed by atoms with van der Waals surface area (Å²) in [6.07, 6.45) is 3.03. The van der Waals surface area contributed by atoms with Gasteiger partial charge in [-0.05, 0) is 43.3 Å². The molecule has 0 radical (unpaired) electrons. The first kappa shape index (κ1) is 20.2. The van der Waals surface area contributed by atoms with Crippen LogP contribution in [-0.2, 0) is 4.74 Å². The van der Waals surface area contributed by atoms with Gasteiger partial charge in [0.1, 0.15) is 5.65 Å². The van der Waals surface area contributed by atoms with Gasteiger partial charge in [-0.15, -0.1) is 0 Å². The van der Waals surface area contributed by atoms with Crippen LogP contribution in [0.1, 0.15) is 15.9 Å². The first-order valence-corrected chi connectivity index (χ1v) is 9.73. The molecule has 2 heterocycles. The molecule has 0 aliphatic carbocycles. The van der Waals surface area contributed by atoms with E-state index in [1.807, 2.05) is 53.8 Å². The lowest BCUT2D eigenvalue weighted by atomic mass is 10.1. The van der Waals surface area contributed by atoms with Crippen LogP contribution in [0.3, 0.4) is 0 Å². The Kier molecular flexibility index (Phi) is 5.41. The fraction of sp³-hybridized carbons (Fsp3) is 0.125. The normalized spacial score (nSPS) is 10.7. The molecule has 0 saturated carbocycles. The van der Waals surface area contributed by atoms with Crippen LogP contribution in [-0.4, -0.2) is 35.5 Å². The van der Waals surface area contributed by atoms with Crippen LogP contribution in [0, 0.1) is 6.92 Å². The molecule has 4 rings (SSSR count). The van der Waals surface area contributed by atoms with Crippen molar-refractivity contribution in [3.63, 3.8) is 0 Å². The number of pyridine rings is 1. The standard InChI is InChI=1S/C24H22N4O3/c1-16-4-11-20(12-5-16)27(2)23(29)18-8-13-22-25-14-21(28(22)15-18)17-6-9-19(10-7-17)26-24(30)31-3/h4-15H,1-3H3,(H,26,30). The Labute approximate surface area is 179 Å². The van der Waals surface area contributed by atoms with Gasteiger partial charge in [0.15, 0.2) is 0 Å². The largest absolute Gasteiger partial charge is 0.453 e. The maximum Gasteiger partial charge on any atom is 0.411 e. The maximum atomic E-state index is 13.1. The van der Waals surface area contributed by atoms with Crippen molar-refractivity contribution in [2.75, 3.05) is 24.4 Å². The number of carbonyl (C=O) groups excluding carboxylic acids is 2. The van der Waals surface area contributed by atoms with Crippen molar-refractivity contribution in [3.05, 3.63) is 84.2 Å². The first-order valence-electron chi connectivity index (χ1n) is 9.73. The molecule has 0 unspecified atom stereocenters. The van der Waals surface area contributed by atoms with Gasteiger partial charge in [-0.25, -0.2) is 9.78 Å². The number of carbonyl (C=O) groups is 2. The molecule has 156 valence electrons. The summed E-state index contributed by atoms with van der Waals surface area (Å²) in [6, 6.07) is 18.7. The third-order valence-corrected chi connectivity index (χ3v) is 5.09. The monoisotopic (exact) mass is 414 g/mol. The van der Waals surface area contributed by atoms with Gasteiger partial charge in [-0.3, -0.25) is 14.5 Å². The zero-order valence-corrected chi connectivity index (χ0v) is 17.5. The number of aromatic nitrogens is 2. The number of benzene rings is 2. The van der Waals surface area contributed by atoms with Crippen LogP contribution in [0.25, 0.3) is 16.9 Å². The third kappa shape index (κ3) is 4.11. The van der Waals surface area contributed by atoms with Crippen LogP contribution >= 0.6 is 0 Å². The Hall–Kier alpha value is -4.13. The number of ether oxygens (including phenoxy) is 1. The molecule has 2 amide bonds. The van der Waals surface area contributed by atoms with Gasteiger partial charge >= 0.3 is 6.09 Å². The number of nitrogens with zero attached hydrogens (tertiary/aromatic N) is 3. The summed E-state index contributed by atoms with van der Waals surface area (Å²) >= 11 is 0. The van der Waals surface area contributed by atoms with Crippen molar-refractivity contribution in [2.45, 2.75) is 6.92 Å². The number of hydrogen-bond donors (Lipinski definition) is 1. The van der Waals surface area contributed by atoms with Crippen LogP contribution in [0.4, 0.5) is 16.2 Å². The molecule has 0 saturated heterocycles. The lowest BCUT2D eigenvalue weighted by molar-refractivity contribution is 0.0992. The molecule has 31 heavy (non-hydrogen) atoms. The smallest absolute Gasteiger partial charge is 0.411 e. The molecule has 0 fully saturated rings. The summed E-state index contributed by atoms with van der Waals surface area (Å²) in [5.74, 6) is -0.108. The zero-order chi connectivity index (χ0) is 22.0. The predicted octanol–water partition coefficient (Wildman–Crippen LogP) is 4.76. The number of imidazole rings is 1. The van der Waals surface area contributed by atoms with Gasteiger partial charge in [0.2, 0.25) is 0 Å². The highest BCUT2D eigenvalue weighted by Crippen LogP contribution is 2.24. The lowest BCUT2D eigenvalue weighted by Gasteiger charge is -2.18. The van der Waals surface area contributed by atoms with E-state index < -0.39 is 6.09 Å². The molecular weight excluding hydrogens is 392 g/mol. The molecule has 0 bridgehead atoms. The van der Waals surface area contributed by atoms with Gasteiger partial charge in [-0.1, -0.05) is 29.8 Å². The SMILES string of the molecule is COC(=O)Nc1ccc(-c2cnc3ccc(C(=O)N(C)c4ccc(C)cc4)cn23)cc1. The average molecular weight is 414 g/mol. The minimum Gasteiger partial charge on any atom is -0.453 e. The van der Waals surface area contributed by atoms with Crippen molar-refractivity contribution >= 4 is 29.0 Å². The summed E-state index contributed by atoms with van der Waals surface area (Å²) in [4.78, 5) is 30.5. The molecule has 2 aromatic heterocycles. The number of aryl methyl sites for hydroxylation is 1. The van der Waals surface area contributed by atoms with E-state index in [1.54, 1.807) is 42.5 Å². The number of anilines is 2. The second-order valence-electron chi connectivity index (χ2n) is 7.18. The third-order valence-electron chi connectivity index (χ3n) is 5.09. The van der Waals surface area contributed by atoms with Crippen molar-refractivity contribution in [2.24, 2.45) is 0 Å². The van der Waals surface area contributed by atoms with Crippen molar-refractivity contribution in [3.8, 4) is 11.3 Å². The van der Waals surface area contributed by atoms with Crippen LogP contribution in [0.15, 0.2) is 73.1 Å². The Morgan fingerprint density at radius 1 is 1.00 bits per heavy atom. The van der Waals surface area contributed by atoms with Gasteiger partial charge in [0.05, 0.1) is 24.6 Å². The van der Waals surface area contributed by atoms with E-state index in [9.17, 15) is 9.59 Å². The maximum absolute atomic E-state index is 13.1. The molecular formula is C24H22N4O3. The average Bonchev–Trinajstić information content (AvgIpc) is 3.22. The molecule has 0 atom stereocenters. The van der Waals surface area contributed by atoms with Crippen molar-refractivity contribution in [1.29, 1.82) is 0 Å². The van der Waals surface area contributed by atoms with E-state index in [2.05, 4.69) is 15.0 Å². The van der Waals surface area contributed by atoms with Gasteiger partial charge in [0.25, 0.3) is 5.91 Å². The Morgan fingerprint density at radius 3 is 2.39 bits per heavy atom. The molecule has 2 aromatic carbocycles. The van der Waals surface area contributed by atoms with Crippen molar-refractivity contribution < 1.29 is 14.3 Å². The van der Waals surface area contributed by atoms with Gasteiger partial charge in [0, 0.05) is 30.2 Å². The molecule has 4 aromatic rings. The highest BCUT2D eigenvalue weighted by atomic mass is 16.5. The molecule has 0 aliphatic heterocycles. The molecule has 0 aliphatic rings. The lowest BCUT2D eigenvalue weighted by Crippen LogP contribution is -2.26. The minimum absolute atomic E-state index is 0.108. The van der Waals surface area contributed by atoms with Crippen LogP contribution < -0.4 is 10.2 Å². The second kappa shape index (κ2) is 8.31. The van der Waals surface area contributed by atoms with E-state index >= 15 is 0 Å². The van der Waals surface area contributed by atoms with Crippen molar-refractivity contribution in [1.82, 2.24) is 9.38 Å². The van der Waals surface area contributed by atoms with E-state index in [0.717, 1.165) is 28.2 Å². The highest BCUT2D eigenvalue weighted by Gasteiger charge is 2.16. The number of fused-ring (bicyclic) bond motifs is 1. The molecule has 7 nitrogen and oxygen atoms in total. The topological polar surface area (TPSA) is 75.9 Å². The fourth-order valence-corrected chi connectivity index (χ4v) is 3.29. The quantitative estimate of drug-likeness (QED) is 0.522. The number of amides is 2. The van der Waals surface area contributed by atoms with E-state index in [1.165, 1.54) is 7.11 Å². The summed E-state index contributed by atoms with van der Waals surface area (Å²) in [5.41, 5.74) is 5.63. The molecule has 0 spiro atoms. The Balaban J connectivity index is 1.64. The summed E-state index contributed by atoms with van der Waals surface area (Å²) in [5, 5.41) is 2.62. The Bertz CT molecular complexity index is 1240. The molecule has 7 heteroatoms. The van der Waals surface area contributed by atoms with E-state index in [-0.39, 0.29) is 5.91 Å². The summed E-state index contributed by atoms with van der Waals surface area (Å²) in [7, 11) is 3.08. The predicted molar refractivity (Wildman–Crippen MR) is 121 cm³/mol. The highest BCUT2D eigenvalue weighted by molar-refractivity contribution is 6.05. The number of hydrogen-bond acceptors (Lipinski definition) is 4. The minimum atomic E-state index is -0.525.